The number of benzene rings is 2. The van der Waals surface area contributed by atoms with Crippen LogP contribution in [0.15, 0.2) is 48.5 Å². The maximum absolute atomic E-state index is 11.0. The molecule has 0 amide bonds. The molecule has 5 nitrogen and oxygen atoms in total. The van der Waals surface area contributed by atoms with Crippen LogP contribution in [0.25, 0.3) is 22.2 Å². The molecule has 3 rings (SSSR count). The van der Waals surface area contributed by atoms with Gasteiger partial charge in [-0.15, -0.1) is 0 Å². The Hall–Kier alpha value is -2.79. The van der Waals surface area contributed by atoms with Crippen LogP contribution in [0, 0.1) is 6.92 Å². The van der Waals surface area contributed by atoms with Crippen LogP contribution in [0.1, 0.15) is 12.5 Å². The average Bonchev–Trinajstić information content (AvgIpc) is 2.55. The summed E-state index contributed by atoms with van der Waals surface area (Å²) in [6.45, 7) is 3.58. The highest BCUT2D eigenvalue weighted by Gasteiger charge is 2.15. The fourth-order valence-electron chi connectivity index (χ4n) is 2.44. The number of aliphatic carboxylic acids is 1. The average molecular weight is 307 g/mol. The number of nitrogens with zero attached hydrogens (tertiary/aromatic N) is 2. The molecule has 1 heterocycles. The number of carboxylic acid groups (broad SMARTS) is 1. The number of carboxylic acids is 1. The van der Waals surface area contributed by atoms with Gasteiger partial charge in [-0.25, -0.2) is 0 Å². The van der Waals surface area contributed by atoms with Gasteiger partial charge in [-0.3, -0.25) is 5.32 Å². The van der Waals surface area contributed by atoms with Crippen LogP contribution in [-0.2, 0) is 4.79 Å². The van der Waals surface area contributed by atoms with Gasteiger partial charge in [0.25, 0.3) is 0 Å². The van der Waals surface area contributed by atoms with E-state index in [1.54, 1.807) is 6.92 Å². The third-order valence-corrected chi connectivity index (χ3v) is 3.69. The molecule has 0 aliphatic heterocycles. The van der Waals surface area contributed by atoms with E-state index >= 15 is 0 Å². The lowest BCUT2D eigenvalue weighted by Gasteiger charge is -2.12. The maximum Gasteiger partial charge on any atom is 0.327 e. The van der Waals surface area contributed by atoms with E-state index in [4.69, 9.17) is 0 Å². The number of carbonyl (C=O) groups excluding carboxylic acids is 1. The van der Waals surface area contributed by atoms with E-state index < -0.39 is 12.0 Å². The van der Waals surface area contributed by atoms with Gasteiger partial charge in [0.2, 0.25) is 0 Å². The third-order valence-electron chi connectivity index (χ3n) is 3.69. The maximum atomic E-state index is 11.0. The Labute approximate surface area is 134 Å². The zero-order valence-corrected chi connectivity index (χ0v) is 13.0. The molecule has 1 atom stereocenters. The lowest BCUT2D eigenvalue weighted by atomic mass is 10.0. The fourth-order valence-corrected chi connectivity index (χ4v) is 2.44. The van der Waals surface area contributed by atoms with Gasteiger partial charge in [0.05, 0.1) is 17.2 Å². The number of nitrogens with two attached hydrogens (primary N) is 1. The van der Waals surface area contributed by atoms with Crippen molar-refractivity contribution in [3.63, 3.8) is 0 Å². The smallest absolute Gasteiger partial charge is 0.327 e. The van der Waals surface area contributed by atoms with Crippen molar-refractivity contribution in [1.29, 1.82) is 0 Å². The second-order valence-electron chi connectivity index (χ2n) is 5.59. The summed E-state index contributed by atoms with van der Waals surface area (Å²) in [4.78, 5) is 20.0. The molecule has 23 heavy (non-hydrogen) atoms. The van der Waals surface area contributed by atoms with Gasteiger partial charge in [-0.05, 0) is 26.0 Å². The summed E-state index contributed by atoms with van der Waals surface area (Å²) in [7, 11) is 0. The second-order valence-corrected chi connectivity index (χ2v) is 5.59. The number of carbonyl (C=O) groups is 1. The molecule has 2 aromatic carbocycles. The van der Waals surface area contributed by atoms with Gasteiger partial charge < -0.3 is 9.90 Å². The first-order chi connectivity index (χ1) is 11.0. The molecule has 0 aliphatic carbocycles. The normalized spacial score (nSPS) is 12.3. The number of fused-ring (bicyclic) bond motifs is 1. The minimum Gasteiger partial charge on any atom is -0.544 e. The van der Waals surface area contributed by atoms with Gasteiger partial charge in [-0.2, -0.15) is 9.97 Å². The highest BCUT2D eigenvalue weighted by atomic mass is 16.4. The number of aryl methyl sites for hydroxylation is 1. The van der Waals surface area contributed by atoms with Gasteiger partial charge in [0.1, 0.15) is 6.04 Å². The molecule has 0 aliphatic rings. The van der Waals surface area contributed by atoms with E-state index in [0.717, 1.165) is 27.7 Å². The van der Waals surface area contributed by atoms with Crippen molar-refractivity contribution in [2.75, 3.05) is 0 Å². The molecular formula is C18H17N3O2. The topological polar surface area (TPSA) is 82.5 Å². The lowest BCUT2D eigenvalue weighted by Crippen LogP contribution is -2.88. The molecule has 1 unspecified atom stereocenters. The summed E-state index contributed by atoms with van der Waals surface area (Å²) in [6.07, 6.45) is 0. The zero-order valence-electron chi connectivity index (χ0n) is 13.0. The predicted molar refractivity (Wildman–Crippen MR) is 85.8 cm³/mol. The Morgan fingerprint density at radius 2 is 1.87 bits per heavy atom. The van der Waals surface area contributed by atoms with Crippen molar-refractivity contribution in [1.82, 2.24) is 9.97 Å². The molecular weight excluding hydrogens is 290 g/mol. The molecule has 0 radical (unpaired) electrons. The summed E-state index contributed by atoms with van der Waals surface area (Å²) in [5.41, 5.74) is 3.69. The van der Waals surface area contributed by atoms with Crippen molar-refractivity contribution in [2.45, 2.75) is 19.9 Å². The zero-order chi connectivity index (χ0) is 16.4. The standard InChI is InChI=1S/C18H17N3O2/c1-11-8-9-15-14(10-11)16(13-6-4-3-5-7-13)21-18(20-15)19-12(2)17(22)23/h3-10,12H,1-2H3,(H,22,23)(H,19,20,21). The number of aromatic nitrogens is 2. The molecule has 0 saturated heterocycles. The molecule has 116 valence electrons. The van der Waals surface area contributed by atoms with E-state index in [-0.39, 0.29) is 0 Å². The Balaban J connectivity index is 2.18. The van der Waals surface area contributed by atoms with Gasteiger partial charge >= 0.3 is 5.95 Å². The van der Waals surface area contributed by atoms with Crippen LogP contribution >= 0.6 is 0 Å². The van der Waals surface area contributed by atoms with Crippen molar-refractivity contribution < 1.29 is 15.2 Å². The number of hydrogen-bond acceptors (Lipinski definition) is 4. The first-order valence-electron chi connectivity index (χ1n) is 7.44. The van der Waals surface area contributed by atoms with Gasteiger partial charge in [0, 0.05) is 10.9 Å². The Morgan fingerprint density at radius 1 is 1.13 bits per heavy atom. The van der Waals surface area contributed by atoms with Crippen molar-refractivity contribution in [3.8, 4) is 11.3 Å². The van der Waals surface area contributed by atoms with Crippen molar-refractivity contribution in [2.24, 2.45) is 0 Å². The minimum absolute atomic E-state index is 0.400. The van der Waals surface area contributed by atoms with E-state index in [9.17, 15) is 9.90 Å². The molecule has 0 bridgehead atoms. The third kappa shape index (κ3) is 3.19. The summed E-state index contributed by atoms with van der Waals surface area (Å²) < 4.78 is 0. The van der Waals surface area contributed by atoms with Crippen molar-refractivity contribution in [3.05, 3.63) is 54.1 Å². The quantitative estimate of drug-likeness (QED) is 0.777. The second kappa shape index (κ2) is 6.14. The van der Waals surface area contributed by atoms with E-state index in [1.807, 2.05) is 55.5 Å². The van der Waals surface area contributed by atoms with Crippen LogP contribution in [0.4, 0.5) is 5.95 Å². The summed E-state index contributed by atoms with van der Waals surface area (Å²) in [5.74, 6) is -0.740. The van der Waals surface area contributed by atoms with Crippen LogP contribution in [-0.4, -0.2) is 22.0 Å². The predicted octanol–water partition coefficient (Wildman–Crippen LogP) is 0.939. The van der Waals surface area contributed by atoms with E-state index in [0.29, 0.717) is 5.95 Å². The van der Waals surface area contributed by atoms with Gasteiger partial charge in [0.15, 0.2) is 0 Å². The summed E-state index contributed by atoms with van der Waals surface area (Å²) >= 11 is 0. The van der Waals surface area contributed by atoms with Crippen molar-refractivity contribution >= 4 is 22.8 Å². The molecule has 5 heteroatoms. The Bertz CT molecular complexity index is 863. The number of hydrogen-bond donors (Lipinski definition) is 1. The SMILES string of the molecule is Cc1ccc2nc([NH2+]C(C)C(=O)[O-])nc(-c3ccccc3)c2c1. The lowest BCUT2D eigenvalue weighted by molar-refractivity contribution is -0.609. The highest BCUT2D eigenvalue weighted by Crippen LogP contribution is 2.27. The Morgan fingerprint density at radius 3 is 2.57 bits per heavy atom. The summed E-state index contributed by atoms with van der Waals surface area (Å²) in [6, 6.07) is 15.0. The first kappa shape index (κ1) is 15.1. The van der Waals surface area contributed by atoms with Crippen LogP contribution in [0.2, 0.25) is 0 Å². The molecule has 0 saturated carbocycles. The van der Waals surface area contributed by atoms with E-state index in [2.05, 4.69) is 9.97 Å². The van der Waals surface area contributed by atoms with Crippen LogP contribution in [0.5, 0.6) is 0 Å². The largest absolute Gasteiger partial charge is 0.544 e. The monoisotopic (exact) mass is 307 g/mol. The van der Waals surface area contributed by atoms with Crippen LogP contribution < -0.4 is 10.4 Å². The molecule has 1 aromatic heterocycles. The minimum atomic E-state index is -1.14. The van der Waals surface area contributed by atoms with Gasteiger partial charge in [-0.1, -0.05) is 42.0 Å². The number of quaternary nitrogens is 1. The Kier molecular flexibility index (Phi) is 4.04. The highest BCUT2D eigenvalue weighted by molar-refractivity contribution is 5.93. The summed E-state index contributed by atoms with van der Waals surface area (Å²) in [5, 5.41) is 13.4. The van der Waals surface area contributed by atoms with Crippen LogP contribution in [0.3, 0.4) is 0 Å². The number of rotatable bonds is 4. The molecule has 0 fully saturated rings. The first-order valence-corrected chi connectivity index (χ1v) is 7.44. The molecule has 3 aromatic rings. The van der Waals surface area contributed by atoms with E-state index in [1.165, 1.54) is 5.32 Å². The fraction of sp³-hybridized carbons (Fsp3) is 0.167. The molecule has 2 N–H and O–H groups in total. The molecule has 0 spiro atoms.